The zero-order chi connectivity index (χ0) is 18.8. The topological polar surface area (TPSA) is 116 Å². The van der Waals surface area contributed by atoms with E-state index < -0.39 is 11.2 Å². The first-order chi connectivity index (χ1) is 12.5. The average molecular weight is 371 g/mol. The van der Waals surface area contributed by atoms with Gasteiger partial charge in [-0.1, -0.05) is 0 Å². The normalized spacial score (nSPS) is 10.5. The minimum atomic E-state index is -0.673. The predicted octanol–water partition coefficient (Wildman–Crippen LogP) is 1.17. The second kappa shape index (κ2) is 6.89. The summed E-state index contributed by atoms with van der Waals surface area (Å²) in [6, 6.07) is 8.85. The van der Waals surface area contributed by atoms with Crippen molar-refractivity contribution < 1.29 is 9.15 Å². The molecule has 0 unspecified atom stereocenters. The molecule has 0 spiro atoms. The van der Waals surface area contributed by atoms with Crippen molar-refractivity contribution in [2.24, 2.45) is 14.1 Å². The molecule has 0 bridgehead atoms. The molecule has 0 radical (unpaired) electrons. The van der Waals surface area contributed by atoms with Crippen LogP contribution in [0.5, 0.6) is 5.75 Å². The zero-order valence-electron chi connectivity index (χ0n) is 14.1. The van der Waals surface area contributed by atoms with Gasteiger partial charge in [-0.25, -0.2) is 4.79 Å². The Hall–Kier alpha value is -3.32. The first kappa shape index (κ1) is 17.5. The third kappa shape index (κ3) is 3.00. The van der Waals surface area contributed by atoms with Crippen LogP contribution in [0.15, 0.2) is 48.5 Å². The van der Waals surface area contributed by atoms with Gasteiger partial charge in [0.2, 0.25) is 5.89 Å². The number of nitrogens with zero attached hydrogens (tertiary/aromatic N) is 5. The molecule has 9 nitrogen and oxygen atoms in total. The molecule has 0 atom stereocenters. The number of benzene rings is 1. The van der Waals surface area contributed by atoms with Crippen molar-refractivity contribution in [1.82, 2.24) is 19.3 Å². The maximum atomic E-state index is 12.1. The van der Waals surface area contributed by atoms with Gasteiger partial charge in [-0.3, -0.25) is 13.9 Å². The third-order valence-corrected chi connectivity index (χ3v) is 4.66. The minimum absolute atomic E-state index is 0.107. The van der Waals surface area contributed by atoms with Gasteiger partial charge in [0.15, 0.2) is 0 Å². The van der Waals surface area contributed by atoms with Gasteiger partial charge in [-0.15, -0.1) is 10.2 Å². The second-order valence-electron chi connectivity index (χ2n) is 5.20. The summed E-state index contributed by atoms with van der Waals surface area (Å²) in [5.41, 5.74) is -0.702. The third-order valence-electron chi connectivity index (χ3n) is 3.65. The highest BCUT2D eigenvalue weighted by Gasteiger charge is 2.19. The fraction of sp³-hybridized carbons (Fsp3) is 0.188. The molecule has 0 saturated heterocycles. The summed E-state index contributed by atoms with van der Waals surface area (Å²) < 4.78 is 12.7. The van der Waals surface area contributed by atoms with E-state index >= 15 is 0 Å². The Morgan fingerprint density at radius 2 is 1.85 bits per heavy atom. The lowest BCUT2D eigenvalue weighted by Gasteiger charge is -2.08. The van der Waals surface area contributed by atoms with Crippen LogP contribution in [-0.4, -0.2) is 26.4 Å². The Morgan fingerprint density at radius 3 is 2.46 bits per heavy atom. The molecule has 0 aliphatic carbocycles. The average Bonchev–Trinajstić information content (AvgIpc) is 3.13. The molecule has 0 aliphatic rings. The first-order valence-corrected chi connectivity index (χ1v) is 8.13. The summed E-state index contributed by atoms with van der Waals surface area (Å²) in [6.45, 7) is 0. The van der Waals surface area contributed by atoms with Crippen LogP contribution in [0.25, 0.3) is 11.5 Å². The highest BCUT2D eigenvalue weighted by Crippen LogP contribution is 2.29. The van der Waals surface area contributed by atoms with Crippen molar-refractivity contribution in [1.29, 1.82) is 5.26 Å². The van der Waals surface area contributed by atoms with E-state index in [2.05, 4.69) is 10.2 Å². The largest absolute Gasteiger partial charge is 0.497 e. The summed E-state index contributed by atoms with van der Waals surface area (Å²) >= 11 is 0.888. The number of hydrogen-bond donors (Lipinski definition) is 0. The van der Waals surface area contributed by atoms with Crippen LogP contribution in [0.4, 0.5) is 0 Å². The molecule has 3 rings (SSSR count). The van der Waals surface area contributed by atoms with Crippen LogP contribution in [0.2, 0.25) is 0 Å². The van der Waals surface area contributed by atoms with E-state index in [4.69, 9.17) is 9.15 Å². The summed E-state index contributed by atoms with van der Waals surface area (Å²) in [5.74, 6) is 0.958. The zero-order valence-corrected chi connectivity index (χ0v) is 14.9. The molecular formula is C16H13N5O4S. The van der Waals surface area contributed by atoms with Crippen molar-refractivity contribution in [3.05, 3.63) is 50.7 Å². The number of rotatable bonds is 4. The van der Waals surface area contributed by atoms with Gasteiger partial charge in [-0.2, -0.15) is 5.26 Å². The number of hydrogen-bond acceptors (Lipinski definition) is 8. The fourth-order valence-corrected chi connectivity index (χ4v) is 3.04. The van der Waals surface area contributed by atoms with Crippen LogP contribution in [0, 0.1) is 11.3 Å². The predicted molar refractivity (Wildman–Crippen MR) is 92.0 cm³/mol. The molecule has 0 saturated carbocycles. The number of methoxy groups -OCH3 is 1. The molecule has 0 amide bonds. The van der Waals surface area contributed by atoms with E-state index in [9.17, 15) is 14.9 Å². The Balaban J connectivity index is 1.99. The standard InChI is InChI=1S/C16H13N5O4S/c1-20-13(22)11(8-17)14(21(2)16(20)23)26-15-19-18-12(25-15)9-4-6-10(24-3)7-5-9/h4-7H,1-3H3. The maximum absolute atomic E-state index is 12.1. The Morgan fingerprint density at radius 1 is 1.15 bits per heavy atom. The Bertz CT molecular complexity index is 1120. The van der Waals surface area contributed by atoms with Gasteiger partial charge in [-0.05, 0) is 36.0 Å². The highest BCUT2D eigenvalue weighted by atomic mass is 32.2. The Kier molecular flexibility index (Phi) is 4.64. The first-order valence-electron chi connectivity index (χ1n) is 7.32. The second-order valence-corrected chi connectivity index (χ2v) is 6.14. The number of ether oxygens (including phenoxy) is 1. The molecule has 2 heterocycles. The van der Waals surface area contributed by atoms with Crippen LogP contribution in [0.1, 0.15) is 5.56 Å². The summed E-state index contributed by atoms with van der Waals surface area (Å²) in [6.07, 6.45) is 0. The Labute approximate surface area is 151 Å². The van der Waals surface area contributed by atoms with Crippen LogP contribution in [0.3, 0.4) is 0 Å². The molecule has 3 aromatic rings. The summed E-state index contributed by atoms with van der Waals surface area (Å²) in [4.78, 5) is 24.2. The SMILES string of the molecule is COc1ccc(-c2nnc(Sc3c(C#N)c(=O)n(C)c(=O)n3C)o2)cc1. The monoisotopic (exact) mass is 371 g/mol. The van der Waals surface area contributed by atoms with Crippen molar-refractivity contribution in [2.75, 3.05) is 7.11 Å². The van der Waals surface area contributed by atoms with Gasteiger partial charge >= 0.3 is 5.69 Å². The van der Waals surface area contributed by atoms with Crippen LogP contribution in [-0.2, 0) is 14.1 Å². The van der Waals surface area contributed by atoms with E-state index in [0.717, 1.165) is 16.3 Å². The van der Waals surface area contributed by atoms with Crippen molar-refractivity contribution >= 4 is 11.8 Å². The maximum Gasteiger partial charge on any atom is 0.331 e. The van der Waals surface area contributed by atoms with E-state index in [1.807, 2.05) is 6.07 Å². The molecule has 0 fully saturated rings. The van der Waals surface area contributed by atoms with Gasteiger partial charge in [0, 0.05) is 19.7 Å². The van der Waals surface area contributed by atoms with Crippen molar-refractivity contribution in [3.63, 3.8) is 0 Å². The van der Waals surface area contributed by atoms with Gasteiger partial charge < -0.3 is 9.15 Å². The minimum Gasteiger partial charge on any atom is -0.497 e. The molecule has 1 aromatic carbocycles. The smallest absolute Gasteiger partial charge is 0.331 e. The fourth-order valence-electron chi connectivity index (χ4n) is 2.22. The molecule has 0 N–H and O–H groups in total. The molecular weight excluding hydrogens is 358 g/mol. The molecule has 10 heteroatoms. The quantitative estimate of drug-likeness (QED) is 0.628. The lowest BCUT2D eigenvalue weighted by Crippen LogP contribution is -2.39. The summed E-state index contributed by atoms with van der Waals surface area (Å²) in [7, 11) is 4.35. The lowest BCUT2D eigenvalue weighted by atomic mass is 10.2. The molecule has 132 valence electrons. The van der Waals surface area contributed by atoms with Crippen LogP contribution >= 0.6 is 11.8 Å². The van der Waals surface area contributed by atoms with E-state index in [1.165, 1.54) is 18.7 Å². The van der Waals surface area contributed by atoms with Crippen LogP contribution < -0.4 is 16.0 Å². The van der Waals surface area contributed by atoms with E-state index in [1.54, 1.807) is 31.4 Å². The van der Waals surface area contributed by atoms with E-state index in [0.29, 0.717) is 11.3 Å². The molecule has 26 heavy (non-hydrogen) atoms. The highest BCUT2D eigenvalue weighted by molar-refractivity contribution is 7.99. The molecule has 0 aliphatic heterocycles. The van der Waals surface area contributed by atoms with E-state index in [-0.39, 0.29) is 21.7 Å². The number of aromatic nitrogens is 4. The van der Waals surface area contributed by atoms with Gasteiger partial charge in [0.05, 0.1) is 7.11 Å². The number of nitriles is 1. The van der Waals surface area contributed by atoms with Crippen molar-refractivity contribution in [3.8, 4) is 23.3 Å². The van der Waals surface area contributed by atoms with Gasteiger partial charge in [0.25, 0.3) is 10.8 Å². The van der Waals surface area contributed by atoms with Gasteiger partial charge in [0.1, 0.15) is 22.4 Å². The molecule has 2 aromatic heterocycles. The van der Waals surface area contributed by atoms with Crippen molar-refractivity contribution in [2.45, 2.75) is 10.2 Å². The lowest BCUT2D eigenvalue weighted by molar-refractivity contribution is 0.414. The summed E-state index contributed by atoms with van der Waals surface area (Å²) in [5, 5.41) is 17.4.